The topological polar surface area (TPSA) is 60.5 Å². The molecule has 3 aliphatic rings. The van der Waals surface area contributed by atoms with Crippen molar-refractivity contribution in [1.82, 2.24) is 9.80 Å². The fourth-order valence-corrected chi connectivity index (χ4v) is 5.89. The van der Waals surface area contributed by atoms with Crippen LogP contribution in [-0.2, 0) is 27.4 Å². The van der Waals surface area contributed by atoms with E-state index in [2.05, 4.69) is 41.0 Å². The Balaban J connectivity index is 1.37. The summed E-state index contributed by atoms with van der Waals surface area (Å²) in [5.74, 6) is 2.30. The molecule has 0 bridgehead atoms. The van der Waals surface area contributed by atoms with Gasteiger partial charge in [0.15, 0.2) is 5.78 Å². The van der Waals surface area contributed by atoms with E-state index in [9.17, 15) is 4.79 Å². The number of rotatable bonds is 8. The lowest BCUT2D eigenvalue weighted by Crippen LogP contribution is -2.35. The molecule has 2 heterocycles. The second kappa shape index (κ2) is 13.6. The molecule has 0 aromatic heterocycles. The van der Waals surface area contributed by atoms with E-state index in [0.717, 1.165) is 123 Å². The average Bonchev–Trinajstić information content (AvgIpc) is 2.97. The molecule has 0 spiro atoms. The highest BCUT2D eigenvalue weighted by atomic mass is 16.5. The zero-order valence-electron chi connectivity index (χ0n) is 24.1. The highest BCUT2D eigenvalue weighted by Crippen LogP contribution is 2.34. The first kappa shape index (κ1) is 28.6. The van der Waals surface area contributed by atoms with Crippen LogP contribution in [0.5, 0.6) is 11.5 Å². The molecule has 2 saturated heterocycles. The van der Waals surface area contributed by atoms with Crippen LogP contribution in [0, 0.1) is 5.92 Å². The van der Waals surface area contributed by atoms with Crippen molar-refractivity contribution >= 4 is 17.9 Å². The standard InChI is InChI=1S/C33H42N2O5/c1-24-16-27(18-25-4-6-31(37-2)29(20-25)22-34-8-12-39-13-9-34)33(36)28(17-24)19-26-5-7-32(38-3)30(21-26)23-35-10-14-40-15-11-35/h4-7,18-21,24H,8-17,22-23H2,1-3H3. The molecule has 40 heavy (non-hydrogen) atoms. The largest absolute Gasteiger partial charge is 0.496 e. The van der Waals surface area contributed by atoms with E-state index in [1.165, 1.54) is 0 Å². The van der Waals surface area contributed by atoms with Gasteiger partial charge in [0, 0.05) is 61.5 Å². The molecule has 214 valence electrons. The fourth-order valence-electron chi connectivity index (χ4n) is 5.89. The molecule has 0 amide bonds. The molecule has 0 radical (unpaired) electrons. The number of ether oxygens (including phenoxy) is 4. The Hall–Kier alpha value is -2.97. The zero-order valence-corrected chi connectivity index (χ0v) is 24.1. The number of morpholine rings is 2. The summed E-state index contributed by atoms with van der Waals surface area (Å²) in [6.07, 6.45) is 5.72. The molecule has 7 nitrogen and oxygen atoms in total. The summed E-state index contributed by atoms with van der Waals surface area (Å²) in [6, 6.07) is 12.5. The summed E-state index contributed by atoms with van der Waals surface area (Å²) in [5, 5.41) is 0. The molecule has 5 rings (SSSR count). The van der Waals surface area contributed by atoms with E-state index < -0.39 is 0 Å². The van der Waals surface area contributed by atoms with Crippen LogP contribution in [-0.4, -0.2) is 82.4 Å². The Morgan fingerprint density at radius 2 is 1.18 bits per heavy atom. The van der Waals surface area contributed by atoms with Gasteiger partial charge in [-0.15, -0.1) is 0 Å². The minimum absolute atomic E-state index is 0.147. The summed E-state index contributed by atoms with van der Waals surface area (Å²) in [7, 11) is 3.43. The Labute approximate surface area is 238 Å². The van der Waals surface area contributed by atoms with Crippen LogP contribution in [0.1, 0.15) is 42.0 Å². The Bertz CT molecular complexity index is 1150. The monoisotopic (exact) mass is 546 g/mol. The van der Waals surface area contributed by atoms with E-state index in [1.807, 2.05) is 24.3 Å². The van der Waals surface area contributed by atoms with E-state index in [0.29, 0.717) is 5.92 Å². The summed E-state index contributed by atoms with van der Waals surface area (Å²) in [4.78, 5) is 18.5. The first-order chi connectivity index (χ1) is 19.5. The number of nitrogens with zero attached hydrogens (tertiary/aromatic N) is 2. The maximum Gasteiger partial charge on any atom is 0.185 e. The molecule has 7 heteroatoms. The van der Waals surface area contributed by atoms with Crippen molar-refractivity contribution in [3.63, 3.8) is 0 Å². The van der Waals surface area contributed by atoms with Gasteiger partial charge in [-0.05, 0) is 66.3 Å². The lowest BCUT2D eigenvalue weighted by atomic mass is 9.80. The number of ketones is 1. The number of Topliss-reactive ketones (excluding diaryl/α,β-unsaturated/α-hetero) is 1. The summed E-state index contributed by atoms with van der Waals surface area (Å²) in [5.41, 5.74) is 6.09. The highest BCUT2D eigenvalue weighted by molar-refractivity contribution is 6.14. The van der Waals surface area contributed by atoms with Gasteiger partial charge in [-0.25, -0.2) is 0 Å². The van der Waals surface area contributed by atoms with Gasteiger partial charge < -0.3 is 18.9 Å². The number of carbonyl (C=O) groups is 1. The second-order valence-electron chi connectivity index (χ2n) is 11.1. The lowest BCUT2D eigenvalue weighted by Gasteiger charge is -2.27. The third kappa shape index (κ3) is 7.21. The van der Waals surface area contributed by atoms with Crippen molar-refractivity contribution < 1.29 is 23.7 Å². The number of allylic oxidation sites excluding steroid dienone is 2. The molecular weight excluding hydrogens is 504 g/mol. The molecule has 0 unspecified atom stereocenters. The van der Waals surface area contributed by atoms with Crippen LogP contribution in [0.3, 0.4) is 0 Å². The minimum Gasteiger partial charge on any atom is -0.496 e. The van der Waals surface area contributed by atoms with E-state index in [4.69, 9.17) is 18.9 Å². The quantitative estimate of drug-likeness (QED) is 0.440. The zero-order chi connectivity index (χ0) is 27.9. The second-order valence-corrected chi connectivity index (χ2v) is 11.1. The van der Waals surface area contributed by atoms with Crippen molar-refractivity contribution in [1.29, 1.82) is 0 Å². The van der Waals surface area contributed by atoms with E-state index in [-0.39, 0.29) is 5.78 Å². The smallest absolute Gasteiger partial charge is 0.185 e. The first-order valence-electron chi connectivity index (χ1n) is 14.4. The van der Waals surface area contributed by atoms with Gasteiger partial charge in [0.05, 0.1) is 40.6 Å². The average molecular weight is 547 g/mol. The lowest BCUT2D eigenvalue weighted by molar-refractivity contribution is -0.113. The van der Waals surface area contributed by atoms with Crippen LogP contribution in [0.15, 0.2) is 47.5 Å². The van der Waals surface area contributed by atoms with Gasteiger partial charge in [0.25, 0.3) is 0 Å². The van der Waals surface area contributed by atoms with Crippen molar-refractivity contribution in [3.05, 3.63) is 69.8 Å². The fraction of sp³-hybridized carbons (Fsp3) is 0.485. The van der Waals surface area contributed by atoms with Crippen molar-refractivity contribution in [3.8, 4) is 11.5 Å². The molecule has 0 atom stereocenters. The first-order valence-corrected chi connectivity index (χ1v) is 14.4. The Morgan fingerprint density at radius 1 is 0.750 bits per heavy atom. The third-order valence-corrected chi connectivity index (χ3v) is 8.01. The van der Waals surface area contributed by atoms with Gasteiger partial charge >= 0.3 is 0 Å². The number of methoxy groups -OCH3 is 2. The van der Waals surface area contributed by atoms with Gasteiger partial charge in [-0.2, -0.15) is 0 Å². The molecule has 2 aromatic rings. The van der Waals surface area contributed by atoms with Crippen LogP contribution in [0.4, 0.5) is 0 Å². The molecule has 1 aliphatic carbocycles. The van der Waals surface area contributed by atoms with Gasteiger partial charge in [-0.1, -0.05) is 19.1 Å². The normalized spacial score (nSPS) is 23.1. The maximum absolute atomic E-state index is 13.7. The van der Waals surface area contributed by atoms with Crippen LogP contribution >= 0.6 is 0 Å². The SMILES string of the molecule is COc1ccc(C=C2CC(C)CC(=Cc3ccc(OC)c(CN4CCOCC4)c3)C2=O)cc1CN1CCOCC1. The third-order valence-electron chi connectivity index (χ3n) is 8.01. The van der Waals surface area contributed by atoms with Crippen LogP contribution in [0.25, 0.3) is 12.2 Å². The predicted molar refractivity (Wildman–Crippen MR) is 158 cm³/mol. The number of benzene rings is 2. The van der Waals surface area contributed by atoms with E-state index in [1.54, 1.807) is 14.2 Å². The number of carbonyl (C=O) groups excluding carboxylic acids is 1. The summed E-state index contributed by atoms with van der Waals surface area (Å²) < 4.78 is 22.3. The Kier molecular flexibility index (Phi) is 9.70. The van der Waals surface area contributed by atoms with Crippen LogP contribution in [0.2, 0.25) is 0 Å². The molecular formula is C33H42N2O5. The van der Waals surface area contributed by atoms with Gasteiger partial charge in [0.1, 0.15) is 11.5 Å². The van der Waals surface area contributed by atoms with Crippen LogP contribution < -0.4 is 9.47 Å². The number of hydrogen-bond donors (Lipinski definition) is 0. The minimum atomic E-state index is 0.147. The van der Waals surface area contributed by atoms with Crippen molar-refractivity contribution in [2.24, 2.45) is 5.92 Å². The predicted octanol–water partition coefficient (Wildman–Crippen LogP) is 4.83. The Morgan fingerprint density at radius 3 is 1.57 bits per heavy atom. The molecule has 2 aliphatic heterocycles. The summed E-state index contributed by atoms with van der Waals surface area (Å²) in [6.45, 7) is 10.5. The van der Waals surface area contributed by atoms with Crippen molar-refractivity contribution in [2.45, 2.75) is 32.9 Å². The van der Waals surface area contributed by atoms with Crippen molar-refractivity contribution in [2.75, 3.05) is 66.8 Å². The highest BCUT2D eigenvalue weighted by Gasteiger charge is 2.26. The molecule has 2 aromatic carbocycles. The maximum atomic E-state index is 13.7. The summed E-state index contributed by atoms with van der Waals surface area (Å²) >= 11 is 0. The molecule has 1 saturated carbocycles. The van der Waals surface area contributed by atoms with E-state index >= 15 is 0 Å². The molecule has 0 N–H and O–H groups in total. The molecule has 3 fully saturated rings. The number of hydrogen-bond acceptors (Lipinski definition) is 7. The van der Waals surface area contributed by atoms with Gasteiger partial charge in [0.2, 0.25) is 0 Å². The van der Waals surface area contributed by atoms with Gasteiger partial charge in [-0.3, -0.25) is 14.6 Å².